The van der Waals surface area contributed by atoms with Gasteiger partial charge in [0, 0.05) is 15.7 Å². The normalized spacial score (nSPS) is 17.3. The van der Waals surface area contributed by atoms with Crippen LogP contribution < -0.4 is 0 Å². The molecule has 1 rings (SSSR count). The van der Waals surface area contributed by atoms with Crippen molar-refractivity contribution in [2.75, 3.05) is 11.5 Å². The first-order valence-corrected chi connectivity index (χ1v) is 5.82. The first-order chi connectivity index (χ1) is 5.70. The van der Waals surface area contributed by atoms with Crippen molar-refractivity contribution in [1.29, 1.82) is 0 Å². The Hall–Kier alpha value is -0.150. The van der Waals surface area contributed by atoms with Crippen molar-refractivity contribution < 1.29 is 4.79 Å². The van der Waals surface area contributed by atoms with E-state index in [1.54, 1.807) is 13.0 Å². The van der Waals surface area contributed by atoms with E-state index in [2.05, 4.69) is 6.92 Å². The number of allylic oxidation sites excluding steroid dienone is 3. The van der Waals surface area contributed by atoms with Gasteiger partial charge in [0.2, 0.25) is 0 Å². The first kappa shape index (κ1) is 9.93. The van der Waals surface area contributed by atoms with E-state index in [0.29, 0.717) is 0 Å². The Morgan fingerprint density at radius 2 is 1.83 bits per heavy atom. The maximum atomic E-state index is 10.6. The van der Waals surface area contributed by atoms with E-state index in [-0.39, 0.29) is 5.78 Å². The molecule has 1 heterocycles. The number of hydrogen-bond acceptors (Lipinski definition) is 3. The Morgan fingerprint density at radius 1 is 1.25 bits per heavy atom. The Bertz CT molecular complexity index is 233. The van der Waals surface area contributed by atoms with Gasteiger partial charge in [0.05, 0.1) is 0 Å². The van der Waals surface area contributed by atoms with Crippen molar-refractivity contribution in [3.63, 3.8) is 0 Å². The fraction of sp³-hybridized carbons (Fsp3) is 0.444. The van der Waals surface area contributed by atoms with Gasteiger partial charge >= 0.3 is 0 Å². The smallest absolute Gasteiger partial charge is 0.152 e. The lowest BCUT2D eigenvalue weighted by Crippen LogP contribution is -1.80. The Balaban J connectivity index is 2.61. The van der Waals surface area contributed by atoms with Crippen LogP contribution in [-0.4, -0.2) is 17.3 Å². The third kappa shape index (κ3) is 3.07. The zero-order chi connectivity index (χ0) is 8.97. The summed E-state index contributed by atoms with van der Waals surface area (Å²) in [6.45, 7) is 3.63. The van der Waals surface area contributed by atoms with Crippen LogP contribution in [0.1, 0.15) is 13.8 Å². The third-order valence-corrected chi connectivity index (χ3v) is 4.39. The van der Waals surface area contributed by atoms with Gasteiger partial charge in [-0.15, -0.1) is 23.5 Å². The summed E-state index contributed by atoms with van der Waals surface area (Å²) in [5.74, 6) is 2.51. The fourth-order valence-electron chi connectivity index (χ4n) is 0.848. The highest BCUT2D eigenvalue weighted by molar-refractivity contribution is 8.25. The Kier molecular flexibility index (Phi) is 3.95. The minimum atomic E-state index is 0.114. The van der Waals surface area contributed by atoms with Gasteiger partial charge in [-0.3, -0.25) is 4.79 Å². The molecule has 0 spiro atoms. The predicted octanol–water partition coefficient (Wildman–Crippen LogP) is 2.84. The standard InChI is InChI=1S/C9H12OS2/c1-7(3-4-8(2)10)9-11-5-6-12-9/h3-4H,5-6H2,1-2H3/b4-3+. The zero-order valence-electron chi connectivity index (χ0n) is 7.29. The SMILES string of the molecule is CC(=O)/C=C/C(C)=C1SCCS1. The fourth-order valence-corrected chi connectivity index (χ4v) is 3.31. The van der Waals surface area contributed by atoms with Crippen LogP contribution in [0.2, 0.25) is 0 Å². The van der Waals surface area contributed by atoms with E-state index >= 15 is 0 Å². The summed E-state index contributed by atoms with van der Waals surface area (Å²) >= 11 is 3.76. The summed E-state index contributed by atoms with van der Waals surface area (Å²) in [6.07, 6.45) is 3.53. The quantitative estimate of drug-likeness (QED) is 0.638. The van der Waals surface area contributed by atoms with Crippen LogP contribution in [0.5, 0.6) is 0 Å². The Labute approximate surface area is 81.7 Å². The van der Waals surface area contributed by atoms with Crippen LogP contribution in [-0.2, 0) is 4.79 Å². The second kappa shape index (κ2) is 4.77. The van der Waals surface area contributed by atoms with Crippen LogP contribution in [0, 0.1) is 0 Å². The molecule has 12 heavy (non-hydrogen) atoms. The van der Waals surface area contributed by atoms with E-state index in [9.17, 15) is 4.79 Å². The molecule has 0 aromatic heterocycles. The van der Waals surface area contributed by atoms with Crippen molar-refractivity contribution in [2.45, 2.75) is 13.8 Å². The molecule has 1 saturated heterocycles. The van der Waals surface area contributed by atoms with Gasteiger partial charge in [0.1, 0.15) is 0 Å². The average Bonchev–Trinajstić information content (AvgIpc) is 2.51. The molecule has 0 unspecified atom stereocenters. The highest BCUT2D eigenvalue weighted by atomic mass is 32.2. The number of carbonyl (C=O) groups is 1. The summed E-state index contributed by atoms with van der Waals surface area (Å²) < 4.78 is 1.37. The van der Waals surface area contributed by atoms with Gasteiger partial charge in [-0.2, -0.15) is 0 Å². The highest BCUT2D eigenvalue weighted by Gasteiger charge is 2.09. The number of ketones is 1. The number of carbonyl (C=O) groups excluding carboxylic acids is 1. The van der Waals surface area contributed by atoms with Crippen LogP contribution in [0.3, 0.4) is 0 Å². The third-order valence-electron chi connectivity index (χ3n) is 1.44. The van der Waals surface area contributed by atoms with E-state index in [0.717, 1.165) is 0 Å². The van der Waals surface area contributed by atoms with Crippen molar-refractivity contribution in [3.8, 4) is 0 Å². The summed E-state index contributed by atoms with van der Waals surface area (Å²) in [4.78, 5) is 10.6. The molecule has 1 fully saturated rings. The molecule has 66 valence electrons. The van der Waals surface area contributed by atoms with Gasteiger partial charge in [-0.25, -0.2) is 0 Å². The molecule has 0 atom stereocenters. The average molecular weight is 200 g/mol. The molecule has 0 aliphatic carbocycles. The lowest BCUT2D eigenvalue weighted by molar-refractivity contribution is -0.112. The molecule has 1 aliphatic rings. The summed E-state index contributed by atoms with van der Waals surface area (Å²) in [5.41, 5.74) is 1.22. The van der Waals surface area contributed by atoms with Crippen LogP contribution in [0.25, 0.3) is 0 Å². The molecule has 0 amide bonds. The molecule has 0 N–H and O–H groups in total. The predicted molar refractivity (Wildman–Crippen MR) is 57.4 cm³/mol. The zero-order valence-corrected chi connectivity index (χ0v) is 8.93. The van der Waals surface area contributed by atoms with E-state index in [4.69, 9.17) is 0 Å². The second-order valence-corrected chi connectivity index (χ2v) is 5.08. The van der Waals surface area contributed by atoms with E-state index < -0.39 is 0 Å². The molecule has 0 aromatic rings. The number of rotatable bonds is 2. The van der Waals surface area contributed by atoms with Gasteiger partial charge in [-0.05, 0) is 25.5 Å². The number of hydrogen-bond donors (Lipinski definition) is 0. The lowest BCUT2D eigenvalue weighted by Gasteiger charge is -1.96. The molecule has 0 aromatic carbocycles. The highest BCUT2D eigenvalue weighted by Crippen LogP contribution is 2.38. The molecule has 1 nitrogen and oxygen atoms in total. The second-order valence-electron chi connectivity index (χ2n) is 2.61. The van der Waals surface area contributed by atoms with Gasteiger partial charge in [0.15, 0.2) is 5.78 Å². The van der Waals surface area contributed by atoms with E-state index in [1.807, 2.05) is 29.6 Å². The van der Waals surface area contributed by atoms with Crippen molar-refractivity contribution >= 4 is 29.3 Å². The van der Waals surface area contributed by atoms with Crippen molar-refractivity contribution in [3.05, 3.63) is 22.0 Å². The maximum Gasteiger partial charge on any atom is 0.152 e. The minimum Gasteiger partial charge on any atom is -0.295 e. The number of thioether (sulfide) groups is 2. The van der Waals surface area contributed by atoms with Crippen LogP contribution in [0.15, 0.2) is 22.0 Å². The molecular weight excluding hydrogens is 188 g/mol. The summed E-state index contributed by atoms with van der Waals surface area (Å²) in [6, 6.07) is 0. The van der Waals surface area contributed by atoms with Crippen LogP contribution >= 0.6 is 23.5 Å². The van der Waals surface area contributed by atoms with Crippen LogP contribution in [0.4, 0.5) is 0 Å². The first-order valence-electron chi connectivity index (χ1n) is 3.85. The van der Waals surface area contributed by atoms with Gasteiger partial charge in [0.25, 0.3) is 0 Å². The van der Waals surface area contributed by atoms with Gasteiger partial charge in [-0.1, -0.05) is 6.08 Å². The van der Waals surface area contributed by atoms with Crippen molar-refractivity contribution in [1.82, 2.24) is 0 Å². The molecular formula is C9H12OS2. The molecule has 0 bridgehead atoms. The summed E-state index contributed by atoms with van der Waals surface area (Å²) in [7, 11) is 0. The lowest BCUT2D eigenvalue weighted by atomic mass is 10.3. The molecule has 1 aliphatic heterocycles. The summed E-state index contributed by atoms with van der Waals surface area (Å²) in [5, 5.41) is 0. The molecule has 0 radical (unpaired) electrons. The molecule has 0 saturated carbocycles. The molecule has 3 heteroatoms. The van der Waals surface area contributed by atoms with Gasteiger partial charge < -0.3 is 0 Å². The largest absolute Gasteiger partial charge is 0.295 e. The Morgan fingerprint density at radius 3 is 2.33 bits per heavy atom. The topological polar surface area (TPSA) is 17.1 Å². The van der Waals surface area contributed by atoms with Crippen molar-refractivity contribution in [2.24, 2.45) is 0 Å². The maximum absolute atomic E-state index is 10.6. The monoisotopic (exact) mass is 200 g/mol. The minimum absolute atomic E-state index is 0.114. The van der Waals surface area contributed by atoms with E-state index in [1.165, 1.54) is 21.3 Å².